The monoisotopic (exact) mass is 667 g/mol. The molecule has 4 nitrogen and oxygen atoms in total. The van der Waals surface area contributed by atoms with Gasteiger partial charge in [0.15, 0.2) is 5.58 Å². The fourth-order valence-electron chi connectivity index (χ4n) is 7.89. The Bertz CT molecular complexity index is 3110. The Morgan fingerprint density at radius 2 is 0.846 bits per heavy atom. The van der Waals surface area contributed by atoms with Crippen molar-refractivity contribution < 1.29 is 13.3 Å². The van der Waals surface area contributed by atoms with E-state index in [2.05, 4.69) is 138 Å². The number of anilines is 3. The van der Waals surface area contributed by atoms with Gasteiger partial charge in [0, 0.05) is 38.3 Å². The number of nitrogens with zero attached hydrogens (tertiary/aromatic N) is 1. The van der Waals surface area contributed by atoms with Gasteiger partial charge in [-0.3, -0.25) is 0 Å². The van der Waals surface area contributed by atoms with E-state index >= 15 is 0 Å². The zero-order chi connectivity index (χ0) is 34.2. The number of rotatable bonds is 5. The zero-order valence-corrected chi connectivity index (χ0v) is 27.9. The molecule has 0 atom stereocenters. The predicted molar refractivity (Wildman–Crippen MR) is 214 cm³/mol. The summed E-state index contributed by atoms with van der Waals surface area (Å²) in [5.41, 5.74) is 12.7. The molecule has 0 aliphatic rings. The third kappa shape index (κ3) is 4.34. The zero-order valence-electron chi connectivity index (χ0n) is 27.9. The van der Waals surface area contributed by atoms with E-state index in [1.807, 2.05) is 42.5 Å². The molecule has 0 aliphatic heterocycles. The molecule has 0 aliphatic carbocycles. The van der Waals surface area contributed by atoms with Crippen LogP contribution in [0.2, 0.25) is 0 Å². The maximum atomic E-state index is 6.94. The fraction of sp³-hybridized carbons (Fsp3) is 0. The first-order chi connectivity index (χ1) is 25.8. The molecule has 4 heteroatoms. The lowest BCUT2D eigenvalue weighted by Crippen LogP contribution is -2.10. The van der Waals surface area contributed by atoms with Crippen molar-refractivity contribution in [2.24, 2.45) is 0 Å². The lowest BCUT2D eigenvalue weighted by molar-refractivity contribution is 0.663. The van der Waals surface area contributed by atoms with Crippen LogP contribution in [0.5, 0.6) is 0 Å². The average molecular weight is 668 g/mol. The van der Waals surface area contributed by atoms with Crippen LogP contribution in [0.15, 0.2) is 189 Å². The van der Waals surface area contributed by atoms with Crippen molar-refractivity contribution in [3.63, 3.8) is 0 Å². The van der Waals surface area contributed by atoms with Gasteiger partial charge in [0.1, 0.15) is 27.9 Å². The molecule has 52 heavy (non-hydrogen) atoms. The largest absolute Gasteiger partial charge is 0.456 e. The summed E-state index contributed by atoms with van der Waals surface area (Å²) in [7, 11) is 0. The summed E-state index contributed by atoms with van der Waals surface area (Å²) in [6, 6.07) is 61.3. The van der Waals surface area contributed by atoms with Crippen LogP contribution in [0.25, 0.3) is 88.1 Å². The number of hydrogen-bond acceptors (Lipinski definition) is 4. The second-order valence-corrected chi connectivity index (χ2v) is 13.2. The van der Waals surface area contributed by atoms with Crippen molar-refractivity contribution in [2.75, 3.05) is 4.90 Å². The van der Waals surface area contributed by atoms with Crippen molar-refractivity contribution in [2.45, 2.75) is 0 Å². The normalized spacial score (nSPS) is 11.8. The highest BCUT2D eigenvalue weighted by Crippen LogP contribution is 2.46. The molecule has 0 bridgehead atoms. The van der Waals surface area contributed by atoms with Crippen LogP contribution in [0.3, 0.4) is 0 Å². The van der Waals surface area contributed by atoms with Crippen LogP contribution in [0.4, 0.5) is 17.1 Å². The van der Waals surface area contributed by atoms with E-state index in [4.69, 9.17) is 13.3 Å². The van der Waals surface area contributed by atoms with Crippen molar-refractivity contribution in [1.29, 1.82) is 0 Å². The van der Waals surface area contributed by atoms with Gasteiger partial charge >= 0.3 is 0 Å². The van der Waals surface area contributed by atoms with Gasteiger partial charge in [-0.05, 0) is 82.9 Å². The molecule has 0 fully saturated rings. The third-order valence-corrected chi connectivity index (χ3v) is 10.3. The number of furan rings is 3. The van der Waals surface area contributed by atoms with Crippen LogP contribution < -0.4 is 4.90 Å². The van der Waals surface area contributed by atoms with Crippen LogP contribution in [0.1, 0.15) is 0 Å². The molecule has 0 amide bonds. The van der Waals surface area contributed by atoms with E-state index < -0.39 is 0 Å². The second kappa shape index (κ2) is 11.2. The maximum absolute atomic E-state index is 6.94. The molecule has 0 saturated heterocycles. The Hall–Kier alpha value is -7.04. The predicted octanol–water partition coefficient (Wildman–Crippen LogP) is 14.2. The summed E-state index contributed by atoms with van der Waals surface area (Å²) in [6.07, 6.45) is 0. The molecule has 0 radical (unpaired) electrons. The number of fused-ring (bicyclic) bond motifs is 10. The average Bonchev–Trinajstić information content (AvgIpc) is 3.90. The summed E-state index contributed by atoms with van der Waals surface area (Å²) >= 11 is 0. The van der Waals surface area contributed by atoms with Crippen LogP contribution in [0, 0.1) is 0 Å². The van der Waals surface area contributed by atoms with Gasteiger partial charge in [-0.1, -0.05) is 115 Å². The first-order valence-corrected chi connectivity index (χ1v) is 17.5. The third-order valence-electron chi connectivity index (χ3n) is 10.3. The van der Waals surface area contributed by atoms with Gasteiger partial charge in [0.25, 0.3) is 0 Å². The lowest BCUT2D eigenvalue weighted by atomic mass is 9.99. The molecule has 244 valence electrons. The van der Waals surface area contributed by atoms with Crippen LogP contribution >= 0.6 is 0 Å². The highest BCUT2D eigenvalue weighted by molar-refractivity contribution is 6.23. The van der Waals surface area contributed by atoms with E-state index in [0.29, 0.717) is 0 Å². The van der Waals surface area contributed by atoms with Gasteiger partial charge in [0.2, 0.25) is 0 Å². The Kier molecular flexibility index (Phi) is 6.22. The fourth-order valence-corrected chi connectivity index (χ4v) is 7.89. The smallest absolute Gasteiger partial charge is 0.159 e. The highest BCUT2D eigenvalue weighted by atomic mass is 16.3. The minimum atomic E-state index is 0.818. The Labute approximate surface area is 298 Å². The Morgan fingerprint density at radius 1 is 0.308 bits per heavy atom. The highest BCUT2D eigenvalue weighted by Gasteiger charge is 2.22. The minimum Gasteiger partial charge on any atom is -0.456 e. The van der Waals surface area contributed by atoms with E-state index in [1.54, 1.807) is 0 Å². The molecule has 0 spiro atoms. The standard InChI is InChI=1S/C48H29NO3/c1-2-10-30(11-3-1)31-20-24-33(25-21-31)49(34-26-22-32(23-27-34)35-14-9-19-43-45(35)38-12-4-6-17-41(38)50-43)40-16-8-15-36-37-28-29-44-46(48(37)52-47(36)40)39-13-5-7-18-42(39)51-44/h1-29H. The van der Waals surface area contributed by atoms with Gasteiger partial charge < -0.3 is 18.2 Å². The van der Waals surface area contributed by atoms with Gasteiger partial charge in [0.05, 0.1) is 11.1 Å². The van der Waals surface area contributed by atoms with Crippen LogP contribution in [-0.2, 0) is 0 Å². The number of para-hydroxylation sites is 3. The van der Waals surface area contributed by atoms with E-state index in [0.717, 1.165) is 99.6 Å². The molecular formula is C48H29NO3. The molecule has 0 N–H and O–H groups in total. The Balaban J connectivity index is 1.11. The topological polar surface area (TPSA) is 42.7 Å². The van der Waals surface area contributed by atoms with Crippen molar-refractivity contribution in [3.8, 4) is 22.3 Å². The van der Waals surface area contributed by atoms with E-state index in [1.165, 1.54) is 5.56 Å². The van der Waals surface area contributed by atoms with Gasteiger partial charge in [-0.15, -0.1) is 0 Å². The summed E-state index contributed by atoms with van der Waals surface area (Å²) in [5, 5.41) is 6.41. The molecule has 0 unspecified atom stereocenters. The first-order valence-electron chi connectivity index (χ1n) is 17.5. The minimum absolute atomic E-state index is 0.818. The SMILES string of the molecule is c1ccc(-c2ccc(N(c3ccc(-c4cccc5oc6ccccc6c45)cc3)c3cccc4c3oc3c4ccc4oc5ccccc5c43)cc2)cc1. The molecule has 3 heterocycles. The number of hydrogen-bond donors (Lipinski definition) is 0. The lowest BCUT2D eigenvalue weighted by Gasteiger charge is -2.26. The molecule has 3 aromatic heterocycles. The molecular weight excluding hydrogens is 639 g/mol. The first kappa shape index (κ1) is 28.8. The summed E-state index contributed by atoms with van der Waals surface area (Å²) in [4.78, 5) is 2.29. The molecule has 11 rings (SSSR count). The quantitative estimate of drug-likeness (QED) is 0.183. The van der Waals surface area contributed by atoms with Crippen molar-refractivity contribution in [1.82, 2.24) is 0 Å². The molecule has 0 saturated carbocycles. The maximum Gasteiger partial charge on any atom is 0.159 e. The second-order valence-electron chi connectivity index (χ2n) is 13.2. The van der Waals surface area contributed by atoms with Crippen LogP contribution in [-0.4, -0.2) is 0 Å². The van der Waals surface area contributed by atoms with Crippen molar-refractivity contribution >= 4 is 82.9 Å². The van der Waals surface area contributed by atoms with E-state index in [9.17, 15) is 0 Å². The summed E-state index contributed by atoms with van der Waals surface area (Å²) < 4.78 is 19.4. The molecule has 11 aromatic rings. The summed E-state index contributed by atoms with van der Waals surface area (Å²) in [5.74, 6) is 0. The van der Waals surface area contributed by atoms with Crippen molar-refractivity contribution in [3.05, 3.63) is 176 Å². The molecule has 8 aromatic carbocycles. The Morgan fingerprint density at radius 3 is 1.58 bits per heavy atom. The van der Waals surface area contributed by atoms with E-state index in [-0.39, 0.29) is 0 Å². The van der Waals surface area contributed by atoms with Gasteiger partial charge in [-0.25, -0.2) is 0 Å². The van der Waals surface area contributed by atoms with Gasteiger partial charge in [-0.2, -0.15) is 0 Å². The number of benzene rings is 8. The summed E-state index contributed by atoms with van der Waals surface area (Å²) in [6.45, 7) is 0.